The molecule has 0 unspecified atom stereocenters. The number of hydrogen-bond acceptors (Lipinski definition) is 1. The van der Waals surface area contributed by atoms with Crippen LogP contribution in [0.5, 0.6) is 0 Å². The predicted molar refractivity (Wildman–Crippen MR) is 54.3 cm³/mol. The summed E-state index contributed by atoms with van der Waals surface area (Å²) < 4.78 is 5.54. The van der Waals surface area contributed by atoms with Gasteiger partial charge in [0.2, 0.25) is 0 Å². The van der Waals surface area contributed by atoms with Crippen molar-refractivity contribution in [3.8, 4) is 0 Å². The maximum Gasteiger partial charge on any atom is 0.0519 e. The molecule has 0 aliphatic carbocycles. The second kappa shape index (κ2) is 6.47. The summed E-state index contributed by atoms with van der Waals surface area (Å²) in [6, 6.07) is 0. The van der Waals surface area contributed by atoms with Crippen molar-refractivity contribution in [2.45, 2.75) is 53.6 Å². The first-order chi connectivity index (χ1) is 5.52. The molecule has 0 bridgehead atoms. The third-order valence-corrected chi connectivity index (χ3v) is 1.95. The smallest absolute Gasteiger partial charge is 0.0519 e. The standard InChI is InChI=1S/C11H24O/c1-9(2)6-7-11(5)8-12-10(3)4/h9-11H,6-8H2,1-5H3/t11-/m1/s1. The van der Waals surface area contributed by atoms with E-state index in [-0.39, 0.29) is 0 Å². The van der Waals surface area contributed by atoms with Gasteiger partial charge in [0, 0.05) is 6.61 Å². The number of hydrogen-bond donors (Lipinski definition) is 0. The van der Waals surface area contributed by atoms with Crippen LogP contribution in [-0.4, -0.2) is 12.7 Å². The summed E-state index contributed by atoms with van der Waals surface area (Å²) in [4.78, 5) is 0. The average Bonchev–Trinajstić information content (AvgIpc) is 1.96. The van der Waals surface area contributed by atoms with Crippen molar-refractivity contribution < 1.29 is 4.74 Å². The molecular formula is C11H24O. The summed E-state index contributed by atoms with van der Waals surface area (Å²) in [5.41, 5.74) is 0. The third kappa shape index (κ3) is 8.06. The lowest BCUT2D eigenvalue weighted by atomic mass is 10.0. The largest absolute Gasteiger partial charge is 0.379 e. The molecule has 0 aromatic carbocycles. The minimum absolute atomic E-state index is 0.381. The van der Waals surface area contributed by atoms with E-state index >= 15 is 0 Å². The first-order valence-corrected chi connectivity index (χ1v) is 5.14. The van der Waals surface area contributed by atoms with Crippen LogP contribution in [-0.2, 0) is 4.74 Å². The molecule has 0 aromatic rings. The van der Waals surface area contributed by atoms with E-state index in [1.165, 1.54) is 12.8 Å². The highest BCUT2D eigenvalue weighted by atomic mass is 16.5. The summed E-state index contributed by atoms with van der Waals surface area (Å²) in [5, 5.41) is 0. The second-order valence-corrected chi connectivity index (χ2v) is 4.46. The van der Waals surface area contributed by atoms with Crippen molar-refractivity contribution in [2.24, 2.45) is 11.8 Å². The molecule has 0 radical (unpaired) electrons. The van der Waals surface area contributed by atoms with Crippen LogP contribution in [0.15, 0.2) is 0 Å². The molecule has 0 amide bonds. The Balaban J connectivity index is 3.27. The highest BCUT2D eigenvalue weighted by molar-refractivity contribution is 4.54. The Kier molecular flexibility index (Phi) is 6.45. The Hall–Kier alpha value is -0.0400. The average molecular weight is 172 g/mol. The molecule has 0 fully saturated rings. The van der Waals surface area contributed by atoms with E-state index < -0.39 is 0 Å². The van der Waals surface area contributed by atoms with Gasteiger partial charge < -0.3 is 4.74 Å². The first-order valence-electron chi connectivity index (χ1n) is 5.14. The van der Waals surface area contributed by atoms with Gasteiger partial charge in [0.1, 0.15) is 0 Å². The third-order valence-electron chi connectivity index (χ3n) is 1.95. The Morgan fingerprint density at radius 2 is 1.50 bits per heavy atom. The van der Waals surface area contributed by atoms with Crippen LogP contribution >= 0.6 is 0 Å². The lowest BCUT2D eigenvalue weighted by Gasteiger charge is -2.14. The fraction of sp³-hybridized carbons (Fsp3) is 1.00. The molecule has 0 aromatic heterocycles. The van der Waals surface area contributed by atoms with Gasteiger partial charge in [-0.2, -0.15) is 0 Å². The van der Waals surface area contributed by atoms with Gasteiger partial charge in [-0.3, -0.25) is 0 Å². The van der Waals surface area contributed by atoms with E-state index in [0.29, 0.717) is 6.10 Å². The molecule has 0 aliphatic rings. The Bertz CT molecular complexity index is 85.2. The van der Waals surface area contributed by atoms with E-state index in [0.717, 1.165) is 18.4 Å². The molecule has 1 heteroatoms. The minimum atomic E-state index is 0.381. The lowest BCUT2D eigenvalue weighted by molar-refractivity contribution is 0.0521. The predicted octanol–water partition coefficient (Wildman–Crippen LogP) is 3.48. The Labute approximate surface area is 77.5 Å². The normalized spacial score (nSPS) is 14.2. The van der Waals surface area contributed by atoms with Crippen molar-refractivity contribution in [3.63, 3.8) is 0 Å². The van der Waals surface area contributed by atoms with Crippen molar-refractivity contribution in [1.29, 1.82) is 0 Å². The van der Waals surface area contributed by atoms with E-state index in [1.807, 2.05) is 0 Å². The molecule has 0 N–H and O–H groups in total. The van der Waals surface area contributed by atoms with Crippen LogP contribution in [0.2, 0.25) is 0 Å². The summed E-state index contributed by atoms with van der Waals surface area (Å²) in [5.74, 6) is 1.54. The quantitative estimate of drug-likeness (QED) is 0.596. The molecular weight excluding hydrogens is 148 g/mol. The van der Waals surface area contributed by atoms with E-state index in [2.05, 4.69) is 34.6 Å². The molecule has 0 aliphatic heterocycles. The monoisotopic (exact) mass is 172 g/mol. The van der Waals surface area contributed by atoms with Crippen LogP contribution in [0.3, 0.4) is 0 Å². The fourth-order valence-electron chi connectivity index (χ4n) is 1.06. The minimum Gasteiger partial charge on any atom is -0.379 e. The Morgan fingerprint density at radius 1 is 0.917 bits per heavy atom. The zero-order valence-electron chi connectivity index (χ0n) is 9.26. The number of rotatable bonds is 6. The highest BCUT2D eigenvalue weighted by Gasteiger charge is 2.04. The summed E-state index contributed by atoms with van der Waals surface area (Å²) in [7, 11) is 0. The second-order valence-electron chi connectivity index (χ2n) is 4.46. The first kappa shape index (κ1) is 12.0. The maximum absolute atomic E-state index is 5.54. The molecule has 1 nitrogen and oxygen atoms in total. The van der Waals surface area contributed by atoms with Gasteiger partial charge in [-0.05, 0) is 32.1 Å². The van der Waals surface area contributed by atoms with Crippen LogP contribution in [0, 0.1) is 11.8 Å². The lowest BCUT2D eigenvalue weighted by Crippen LogP contribution is -2.11. The zero-order chi connectivity index (χ0) is 9.56. The van der Waals surface area contributed by atoms with Crippen molar-refractivity contribution in [2.75, 3.05) is 6.61 Å². The van der Waals surface area contributed by atoms with Gasteiger partial charge in [-0.25, -0.2) is 0 Å². The van der Waals surface area contributed by atoms with E-state index in [4.69, 9.17) is 4.74 Å². The van der Waals surface area contributed by atoms with E-state index in [1.54, 1.807) is 0 Å². The molecule has 0 spiro atoms. The molecule has 74 valence electrons. The molecule has 0 saturated heterocycles. The van der Waals surface area contributed by atoms with Gasteiger partial charge in [0.15, 0.2) is 0 Å². The topological polar surface area (TPSA) is 9.23 Å². The van der Waals surface area contributed by atoms with Gasteiger partial charge >= 0.3 is 0 Å². The highest BCUT2D eigenvalue weighted by Crippen LogP contribution is 2.12. The van der Waals surface area contributed by atoms with Crippen LogP contribution < -0.4 is 0 Å². The van der Waals surface area contributed by atoms with Crippen LogP contribution in [0.4, 0.5) is 0 Å². The van der Waals surface area contributed by atoms with Crippen LogP contribution in [0.1, 0.15) is 47.5 Å². The van der Waals surface area contributed by atoms with Gasteiger partial charge in [-0.1, -0.05) is 27.2 Å². The van der Waals surface area contributed by atoms with Gasteiger partial charge in [0.25, 0.3) is 0 Å². The van der Waals surface area contributed by atoms with Crippen LogP contribution in [0.25, 0.3) is 0 Å². The van der Waals surface area contributed by atoms with E-state index in [9.17, 15) is 0 Å². The zero-order valence-corrected chi connectivity index (χ0v) is 9.26. The Morgan fingerprint density at radius 3 is 1.92 bits per heavy atom. The summed E-state index contributed by atoms with van der Waals surface area (Å²) in [6.45, 7) is 11.9. The molecule has 0 heterocycles. The van der Waals surface area contributed by atoms with Crippen molar-refractivity contribution in [1.82, 2.24) is 0 Å². The molecule has 1 atom stereocenters. The number of ether oxygens (including phenoxy) is 1. The summed E-state index contributed by atoms with van der Waals surface area (Å²) in [6.07, 6.45) is 3.00. The maximum atomic E-state index is 5.54. The molecule has 12 heavy (non-hydrogen) atoms. The molecule has 0 rings (SSSR count). The SMILES string of the molecule is CC(C)CC[C@@H](C)COC(C)C. The fourth-order valence-corrected chi connectivity index (χ4v) is 1.06. The van der Waals surface area contributed by atoms with Crippen molar-refractivity contribution >= 4 is 0 Å². The van der Waals surface area contributed by atoms with Gasteiger partial charge in [0.05, 0.1) is 6.10 Å². The molecule has 0 saturated carbocycles. The van der Waals surface area contributed by atoms with Gasteiger partial charge in [-0.15, -0.1) is 0 Å². The van der Waals surface area contributed by atoms with Crippen molar-refractivity contribution in [3.05, 3.63) is 0 Å². The summed E-state index contributed by atoms with van der Waals surface area (Å²) >= 11 is 0.